The van der Waals surface area contributed by atoms with E-state index >= 15 is 0 Å². The van der Waals surface area contributed by atoms with Crippen molar-refractivity contribution in [1.82, 2.24) is 14.8 Å². The van der Waals surface area contributed by atoms with Gasteiger partial charge in [0, 0.05) is 17.8 Å². The average Bonchev–Trinajstić information content (AvgIpc) is 3.23. The molecule has 1 N–H and O–H groups in total. The lowest BCUT2D eigenvalue weighted by Gasteiger charge is -2.19. The Balaban J connectivity index is 1.66. The zero-order valence-electron chi connectivity index (χ0n) is 20.0. The van der Waals surface area contributed by atoms with Crippen LogP contribution in [0.25, 0.3) is 0 Å². The molecule has 0 radical (unpaired) electrons. The number of thioether (sulfide) groups is 1. The Morgan fingerprint density at radius 1 is 1.03 bits per heavy atom. The van der Waals surface area contributed by atoms with E-state index in [1.54, 1.807) is 13.2 Å². The van der Waals surface area contributed by atoms with E-state index in [9.17, 15) is 4.79 Å². The lowest BCUT2D eigenvalue weighted by molar-refractivity contribution is -0.113. The fourth-order valence-electron chi connectivity index (χ4n) is 3.37. The summed E-state index contributed by atoms with van der Waals surface area (Å²) < 4.78 is 13.4. The van der Waals surface area contributed by atoms with Gasteiger partial charge in [0.1, 0.15) is 11.5 Å². The number of benzene rings is 2. The van der Waals surface area contributed by atoms with Crippen molar-refractivity contribution in [3.05, 3.63) is 59.9 Å². The second kappa shape index (κ2) is 11.2. The molecule has 0 saturated carbocycles. The summed E-state index contributed by atoms with van der Waals surface area (Å²) >= 11 is 1.35. The van der Waals surface area contributed by atoms with Crippen LogP contribution in [0.15, 0.2) is 53.7 Å². The van der Waals surface area contributed by atoms with Crippen molar-refractivity contribution >= 4 is 23.4 Å². The van der Waals surface area contributed by atoms with E-state index < -0.39 is 0 Å². The molecular weight excluding hydrogens is 436 g/mol. The number of methoxy groups -OCH3 is 1. The molecule has 0 aliphatic carbocycles. The molecule has 8 heteroatoms. The normalized spacial score (nSPS) is 12.1. The summed E-state index contributed by atoms with van der Waals surface area (Å²) in [6.45, 7) is 10.4. The maximum atomic E-state index is 12.5. The van der Waals surface area contributed by atoms with E-state index in [4.69, 9.17) is 9.47 Å². The van der Waals surface area contributed by atoms with Gasteiger partial charge in [-0.15, -0.1) is 10.2 Å². The van der Waals surface area contributed by atoms with E-state index in [1.165, 1.54) is 17.3 Å². The van der Waals surface area contributed by atoms with Gasteiger partial charge in [0.15, 0.2) is 17.1 Å². The molecule has 0 aliphatic heterocycles. The molecule has 1 heterocycles. The summed E-state index contributed by atoms with van der Waals surface area (Å²) in [6, 6.07) is 15.5. The Hall–Kier alpha value is -3.00. The number of amides is 1. The first-order chi connectivity index (χ1) is 15.8. The van der Waals surface area contributed by atoms with Gasteiger partial charge in [-0.3, -0.25) is 4.79 Å². The van der Waals surface area contributed by atoms with E-state index in [0.717, 1.165) is 11.6 Å². The number of ether oxygens (including phenoxy) is 2. The smallest absolute Gasteiger partial charge is 0.234 e. The minimum absolute atomic E-state index is 0.119. The van der Waals surface area contributed by atoms with E-state index in [-0.39, 0.29) is 23.8 Å². The first kappa shape index (κ1) is 24.6. The molecule has 1 unspecified atom stereocenters. The van der Waals surface area contributed by atoms with Crippen LogP contribution in [-0.2, 0) is 4.79 Å². The second-order valence-corrected chi connectivity index (χ2v) is 9.30. The largest absolute Gasteiger partial charge is 0.497 e. The minimum Gasteiger partial charge on any atom is -0.497 e. The van der Waals surface area contributed by atoms with Gasteiger partial charge in [-0.2, -0.15) is 0 Å². The highest BCUT2D eigenvalue weighted by Gasteiger charge is 2.22. The zero-order valence-corrected chi connectivity index (χ0v) is 20.8. The van der Waals surface area contributed by atoms with Gasteiger partial charge in [-0.05, 0) is 56.5 Å². The maximum Gasteiger partial charge on any atom is 0.234 e. The molecule has 7 nitrogen and oxygen atoms in total. The summed E-state index contributed by atoms with van der Waals surface area (Å²) in [5, 5.41) is 12.3. The monoisotopic (exact) mass is 468 g/mol. The highest BCUT2D eigenvalue weighted by molar-refractivity contribution is 7.99. The number of nitrogens with zero attached hydrogens (tertiary/aromatic N) is 3. The van der Waals surface area contributed by atoms with Crippen LogP contribution in [0.4, 0.5) is 5.69 Å². The molecular formula is C25H32N4O3S. The average molecular weight is 469 g/mol. The number of carbonyl (C=O) groups excluding carboxylic acids is 1. The van der Waals surface area contributed by atoms with E-state index in [1.807, 2.05) is 41.8 Å². The summed E-state index contributed by atoms with van der Waals surface area (Å²) in [5.74, 6) is 2.78. The topological polar surface area (TPSA) is 78.3 Å². The van der Waals surface area contributed by atoms with Gasteiger partial charge in [-0.1, -0.05) is 43.8 Å². The third kappa shape index (κ3) is 6.51. The number of carbonyl (C=O) groups is 1. The Morgan fingerprint density at radius 2 is 1.76 bits per heavy atom. The molecule has 1 amide bonds. The van der Waals surface area contributed by atoms with Gasteiger partial charge in [0.25, 0.3) is 0 Å². The lowest BCUT2D eigenvalue weighted by atomic mass is 10.0. The fraction of sp³-hybridized carbons (Fsp3) is 0.400. The summed E-state index contributed by atoms with van der Waals surface area (Å²) in [6.07, 6.45) is -0.287. The third-order valence-electron chi connectivity index (χ3n) is 5.12. The highest BCUT2D eigenvalue weighted by Crippen LogP contribution is 2.28. The van der Waals surface area contributed by atoms with Crippen LogP contribution in [0.3, 0.4) is 0 Å². The summed E-state index contributed by atoms with van der Waals surface area (Å²) in [4.78, 5) is 12.5. The first-order valence-electron chi connectivity index (χ1n) is 11.1. The van der Waals surface area contributed by atoms with Crippen LogP contribution in [0, 0.1) is 0 Å². The van der Waals surface area contributed by atoms with E-state index in [0.29, 0.717) is 22.5 Å². The van der Waals surface area contributed by atoms with Crippen molar-refractivity contribution in [1.29, 1.82) is 0 Å². The quantitative estimate of drug-likeness (QED) is 0.375. The molecule has 3 rings (SSSR count). The van der Waals surface area contributed by atoms with Crippen LogP contribution in [0.1, 0.15) is 64.1 Å². The Morgan fingerprint density at radius 3 is 2.39 bits per heavy atom. The zero-order chi connectivity index (χ0) is 24.0. The Labute approximate surface area is 199 Å². The van der Waals surface area contributed by atoms with Crippen molar-refractivity contribution in [2.45, 2.75) is 57.8 Å². The van der Waals surface area contributed by atoms with Crippen LogP contribution in [0.5, 0.6) is 11.5 Å². The molecule has 1 atom stereocenters. The van der Waals surface area contributed by atoms with Gasteiger partial charge < -0.3 is 19.4 Å². The van der Waals surface area contributed by atoms with Crippen LogP contribution in [-0.4, -0.2) is 33.5 Å². The van der Waals surface area contributed by atoms with Gasteiger partial charge >= 0.3 is 0 Å². The number of nitrogens with one attached hydrogen (secondary N) is 1. The predicted octanol–water partition coefficient (Wildman–Crippen LogP) is 5.86. The fourth-order valence-corrected chi connectivity index (χ4v) is 4.24. The lowest BCUT2D eigenvalue weighted by Crippen LogP contribution is -2.16. The summed E-state index contributed by atoms with van der Waals surface area (Å²) in [5.41, 5.74) is 1.96. The molecule has 176 valence electrons. The van der Waals surface area contributed by atoms with Crippen molar-refractivity contribution in [2.24, 2.45) is 0 Å². The van der Waals surface area contributed by atoms with Crippen molar-refractivity contribution in [3.8, 4) is 11.5 Å². The highest BCUT2D eigenvalue weighted by atomic mass is 32.2. The molecule has 0 spiro atoms. The number of aromatic nitrogens is 3. The van der Waals surface area contributed by atoms with Crippen LogP contribution < -0.4 is 14.8 Å². The van der Waals surface area contributed by atoms with Gasteiger partial charge in [0.05, 0.1) is 12.9 Å². The van der Waals surface area contributed by atoms with Gasteiger partial charge in [0.2, 0.25) is 5.91 Å². The minimum atomic E-state index is -0.287. The van der Waals surface area contributed by atoms with Crippen molar-refractivity contribution in [3.63, 3.8) is 0 Å². The van der Waals surface area contributed by atoms with Crippen molar-refractivity contribution in [2.75, 3.05) is 18.2 Å². The maximum absolute atomic E-state index is 12.5. The summed E-state index contributed by atoms with van der Waals surface area (Å²) in [7, 11) is 1.60. The molecule has 0 fully saturated rings. The Kier molecular flexibility index (Phi) is 8.38. The number of hydrogen-bond acceptors (Lipinski definition) is 6. The molecule has 0 bridgehead atoms. The van der Waals surface area contributed by atoms with E-state index in [2.05, 4.69) is 55.3 Å². The Bertz CT molecular complexity index is 1060. The molecule has 33 heavy (non-hydrogen) atoms. The SMILES string of the molecule is COc1cccc(NC(=O)CSc2nnc(C(C)Oc3ccc(C(C)C)cc3)n2C(C)C)c1. The van der Waals surface area contributed by atoms with Crippen LogP contribution in [0.2, 0.25) is 0 Å². The second-order valence-electron chi connectivity index (χ2n) is 8.36. The van der Waals surface area contributed by atoms with Crippen LogP contribution >= 0.6 is 11.8 Å². The number of hydrogen-bond donors (Lipinski definition) is 1. The molecule has 0 aliphatic rings. The molecule has 2 aromatic carbocycles. The first-order valence-corrected chi connectivity index (χ1v) is 12.0. The number of anilines is 1. The molecule has 1 aromatic heterocycles. The van der Waals surface area contributed by atoms with Crippen molar-refractivity contribution < 1.29 is 14.3 Å². The molecule has 0 saturated heterocycles. The predicted molar refractivity (Wildman–Crippen MR) is 132 cm³/mol. The van der Waals surface area contributed by atoms with Gasteiger partial charge in [-0.25, -0.2) is 0 Å². The standard InChI is InChI=1S/C25H32N4O3S/c1-16(2)19-10-12-21(13-11-19)32-18(5)24-27-28-25(29(24)17(3)4)33-15-23(30)26-20-8-7-9-22(14-20)31-6/h7-14,16-18H,15H2,1-6H3,(H,26,30). The molecule has 3 aromatic rings. The number of rotatable bonds is 10. The third-order valence-corrected chi connectivity index (χ3v) is 6.06.